The number of piperazine rings is 1. The Balaban J connectivity index is 2.08. The predicted octanol–water partition coefficient (Wildman–Crippen LogP) is -0.493. The molecule has 2 rings (SSSR count). The summed E-state index contributed by atoms with van der Waals surface area (Å²) in [5, 5.41) is 12.1. The largest absolute Gasteiger partial charge is 0.480 e. The summed E-state index contributed by atoms with van der Waals surface area (Å²) in [5.41, 5.74) is 0. The number of nitrogens with zero attached hydrogens (tertiary/aromatic N) is 1. The lowest BCUT2D eigenvalue weighted by atomic mass is 10.1. The number of nitrogens with one attached hydrogen (secondary N) is 1. The molecule has 4 nitrogen and oxygen atoms in total. The maximum atomic E-state index is 10.8. The number of aliphatic carboxylic acids is 1. The van der Waals surface area contributed by atoms with Gasteiger partial charge in [0.05, 0.1) is 0 Å². The smallest absolute Gasteiger partial charge is 0.322 e. The van der Waals surface area contributed by atoms with E-state index in [9.17, 15) is 4.79 Å². The van der Waals surface area contributed by atoms with E-state index in [1.165, 1.54) is 0 Å². The summed E-state index contributed by atoms with van der Waals surface area (Å²) in [6.07, 6.45) is 2.30. The second kappa shape index (κ2) is 3.03. The molecule has 2 aliphatic heterocycles. The van der Waals surface area contributed by atoms with Crippen LogP contribution in [0.3, 0.4) is 0 Å². The zero-order valence-corrected chi connectivity index (χ0v) is 6.99. The minimum Gasteiger partial charge on any atom is -0.480 e. The third kappa shape index (κ3) is 1.21. The van der Waals surface area contributed by atoms with Gasteiger partial charge in [0, 0.05) is 19.1 Å². The Morgan fingerprint density at radius 2 is 2.33 bits per heavy atom. The van der Waals surface area contributed by atoms with Crippen molar-refractivity contribution in [2.45, 2.75) is 24.9 Å². The van der Waals surface area contributed by atoms with Gasteiger partial charge in [-0.25, -0.2) is 0 Å². The molecule has 0 radical (unpaired) electrons. The second-order valence-corrected chi connectivity index (χ2v) is 3.55. The quantitative estimate of drug-likeness (QED) is 0.557. The van der Waals surface area contributed by atoms with Crippen LogP contribution in [0, 0.1) is 0 Å². The molecule has 0 aliphatic carbocycles. The number of carboxylic acid groups (broad SMARTS) is 1. The van der Waals surface area contributed by atoms with Crippen LogP contribution in [0.4, 0.5) is 0 Å². The Labute approximate surface area is 71.5 Å². The molecular formula is C8H14N2O2. The third-order valence-electron chi connectivity index (χ3n) is 2.83. The van der Waals surface area contributed by atoms with Crippen LogP contribution < -0.4 is 5.32 Å². The average molecular weight is 170 g/mol. The summed E-state index contributed by atoms with van der Waals surface area (Å²) in [4.78, 5) is 12.9. The molecule has 0 aromatic heterocycles. The van der Waals surface area contributed by atoms with Gasteiger partial charge in [-0.2, -0.15) is 0 Å². The molecular weight excluding hydrogens is 156 g/mol. The lowest BCUT2D eigenvalue weighted by molar-refractivity contribution is -0.144. The molecule has 0 saturated carbocycles. The van der Waals surface area contributed by atoms with Gasteiger partial charge in [-0.3, -0.25) is 9.69 Å². The Morgan fingerprint density at radius 3 is 3.08 bits per heavy atom. The normalized spacial score (nSPS) is 36.3. The van der Waals surface area contributed by atoms with Crippen LogP contribution in [0.5, 0.6) is 0 Å². The van der Waals surface area contributed by atoms with Crippen molar-refractivity contribution < 1.29 is 9.90 Å². The first-order valence-electron chi connectivity index (χ1n) is 4.48. The van der Waals surface area contributed by atoms with Gasteiger partial charge in [0.25, 0.3) is 0 Å². The van der Waals surface area contributed by atoms with Crippen molar-refractivity contribution in [3.05, 3.63) is 0 Å². The van der Waals surface area contributed by atoms with Crippen molar-refractivity contribution in [3.63, 3.8) is 0 Å². The molecule has 2 aliphatic rings. The fraction of sp³-hybridized carbons (Fsp3) is 0.875. The second-order valence-electron chi connectivity index (χ2n) is 3.55. The van der Waals surface area contributed by atoms with Crippen LogP contribution in [-0.2, 0) is 4.79 Å². The number of rotatable bonds is 1. The van der Waals surface area contributed by atoms with Gasteiger partial charge in [0.2, 0.25) is 0 Å². The molecule has 0 amide bonds. The Morgan fingerprint density at radius 1 is 1.50 bits per heavy atom. The van der Waals surface area contributed by atoms with E-state index in [1.807, 2.05) is 0 Å². The van der Waals surface area contributed by atoms with Crippen LogP contribution in [0.1, 0.15) is 12.8 Å². The van der Waals surface area contributed by atoms with Gasteiger partial charge in [-0.1, -0.05) is 0 Å². The van der Waals surface area contributed by atoms with Crippen molar-refractivity contribution in [1.29, 1.82) is 0 Å². The lowest BCUT2D eigenvalue weighted by Crippen LogP contribution is -2.57. The van der Waals surface area contributed by atoms with Gasteiger partial charge in [-0.15, -0.1) is 0 Å². The first-order valence-corrected chi connectivity index (χ1v) is 4.48. The van der Waals surface area contributed by atoms with Gasteiger partial charge >= 0.3 is 5.97 Å². The van der Waals surface area contributed by atoms with Gasteiger partial charge < -0.3 is 10.4 Å². The Bertz CT molecular complexity index is 195. The van der Waals surface area contributed by atoms with Crippen LogP contribution in [0.2, 0.25) is 0 Å². The number of hydrogen-bond donors (Lipinski definition) is 2. The minimum absolute atomic E-state index is 0.286. The van der Waals surface area contributed by atoms with Crippen molar-refractivity contribution in [2.24, 2.45) is 0 Å². The number of carboxylic acids is 1. The van der Waals surface area contributed by atoms with E-state index in [4.69, 9.17) is 5.11 Å². The van der Waals surface area contributed by atoms with Crippen molar-refractivity contribution in [1.82, 2.24) is 10.2 Å². The van der Waals surface area contributed by atoms with Crippen molar-refractivity contribution in [2.75, 3.05) is 19.6 Å². The monoisotopic (exact) mass is 170 g/mol. The molecule has 68 valence electrons. The van der Waals surface area contributed by atoms with Crippen LogP contribution in [0.15, 0.2) is 0 Å². The molecule has 2 unspecified atom stereocenters. The van der Waals surface area contributed by atoms with E-state index in [-0.39, 0.29) is 6.04 Å². The van der Waals surface area contributed by atoms with Crippen LogP contribution >= 0.6 is 0 Å². The first-order chi connectivity index (χ1) is 5.79. The molecule has 0 spiro atoms. The molecule has 0 aromatic rings. The summed E-state index contributed by atoms with van der Waals surface area (Å²) >= 11 is 0. The molecule has 4 heteroatoms. The molecule has 12 heavy (non-hydrogen) atoms. The van der Waals surface area contributed by atoms with Gasteiger partial charge in [0.1, 0.15) is 6.04 Å². The topological polar surface area (TPSA) is 52.6 Å². The Kier molecular flexibility index (Phi) is 2.02. The fourth-order valence-electron chi connectivity index (χ4n) is 2.22. The van der Waals surface area contributed by atoms with Gasteiger partial charge in [-0.05, 0) is 19.4 Å². The number of carbonyl (C=O) groups is 1. The predicted molar refractivity (Wildman–Crippen MR) is 44.0 cm³/mol. The minimum atomic E-state index is -0.686. The maximum Gasteiger partial charge on any atom is 0.322 e. The molecule has 2 saturated heterocycles. The van der Waals surface area contributed by atoms with E-state index in [1.54, 1.807) is 0 Å². The van der Waals surface area contributed by atoms with E-state index >= 15 is 0 Å². The van der Waals surface area contributed by atoms with E-state index in [0.717, 1.165) is 25.9 Å². The van der Waals surface area contributed by atoms with Crippen molar-refractivity contribution in [3.8, 4) is 0 Å². The molecule has 2 fully saturated rings. The van der Waals surface area contributed by atoms with E-state index in [0.29, 0.717) is 12.6 Å². The summed E-state index contributed by atoms with van der Waals surface area (Å²) in [7, 11) is 0. The highest BCUT2D eigenvalue weighted by Gasteiger charge is 2.37. The Hall–Kier alpha value is -0.610. The molecule has 0 aromatic carbocycles. The first kappa shape index (κ1) is 8.01. The van der Waals surface area contributed by atoms with Crippen LogP contribution in [0.25, 0.3) is 0 Å². The molecule has 2 heterocycles. The van der Waals surface area contributed by atoms with E-state index in [2.05, 4.69) is 10.2 Å². The highest BCUT2D eigenvalue weighted by Crippen LogP contribution is 2.21. The van der Waals surface area contributed by atoms with Gasteiger partial charge in [0.15, 0.2) is 0 Å². The third-order valence-corrected chi connectivity index (χ3v) is 2.83. The molecule has 2 atom stereocenters. The number of fused-ring (bicyclic) bond motifs is 1. The van der Waals surface area contributed by atoms with E-state index < -0.39 is 5.97 Å². The average Bonchev–Trinajstić information content (AvgIpc) is 2.49. The summed E-state index contributed by atoms with van der Waals surface area (Å²) in [6.45, 7) is 2.53. The lowest BCUT2D eigenvalue weighted by Gasteiger charge is -2.35. The fourth-order valence-corrected chi connectivity index (χ4v) is 2.22. The SMILES string of the molecule is O=C(O)C1CNCC2CCCN21. The summed E-state index contributed by atoms with van der Waals surface area (Å²) in [6, 6.07) is 0.186. The van der Waals surface area contributed by atoms with Crippen LogP contribution in [-0.4, -0.2) is 47.7 Å². The highest BCUT2D eigenvalue weighted by atomic mass is 16.4. The molecule has 0 bridgehead atoms. The van der Waals surface area contributed by atoms with Crippen molar-refractivity contribution >= 4 is 5.97 Å². The summed E-state index contributed by atoms with van der Waals surface area (Å²) < 4.78 is 0. The zero-order chi connectivity index (χ0) is 8.55. The highest BCUT2D eigenvalue weighted by molar-refractivity contribution is 5.74. The standard InChI is InChI=1S/C8H14N2O2/c11-8(12)7-5-9-4-6-2-1-3-10(6)7/h6-7,9H,1-5H2,(H,11,12). The summed E-state index contributed by atoms with van der Waals surface area (Å²) in [5.74, 6) is -0.686. The maximum absolute atomic E-state index is 10.8. The zero-order valence-electron chi connectivity index (χ0n) is 6.99. The molecule has 2 N–H and O–H groups in total. The number of hydrogen-bond acceptors (Lipinski definition) is 3.